The Morgan fingerprint density at radius 1 is 1.25 bits per heavy atom. The average molecular weight is 215 g/mol. The molecule has 0 aliphatic rings. The highest BCUT2D eigenvalue weighted by Crippen LogP contribution is 2.27. The van der Waals surface area contributed by atoms with E-state index in [-0.39, 0.29) is 0 Å². The van der Waals surface area contributed by atoms with Crippen molar-refractivity contribution in [1.29, 1.82) is 0 Å². The fourth-order valence-corrected chi connectivity index (χ4v) is 1.84. The van der Waals surface area contributed by atoms with Gasteiger partial charge in [0.2, 0.25) is 0 Å². The molecule has 0 spiro atoms. The van der Waals surface area contributed by atoms with Gasteiger partial charge >= 0.3 is 0 Å². The van der Waals surface area contributed by atoms with Gasteiger partial charge in [0.15, 0.2) is 0 Å². The number of nitrogen functional groups attached to an aromatic ring is 1. The third-order valence-electron chi connectivity index (χ3n) is 2.57. The SMILES string of the molecule is CC(C)Cc1c(N)n[nH]c1-c1ccccc1. The number of nitrogens with zero attached hydrogens (tertiary/aromatic N) is 1. The molecule has 1 aromatic heterocycles. The van der Waals surface area contributed by atoms with Gasteiger partial charge in [-0.25, -0.2) is 0 Å². The number of hydrogen-bond donors (Lipinski definition) is 2. The van der Waals surface area contributed by atoms with Crippen LogP contribution in [-0.4, -0.2) is 10.2 Å². The van der Waals surface area contributed by atoms with E-state index in [2.05, 4.69) is 36.2 Å². The minimum Gasteiger partial charge on any atom is -0.382 e. The summed E-state index contributed by atoms with van der Waals surface area (Å²) in [6.45, 7) is 4.36. The van der Waals surface area contributed by atoms with Crippen LogP contribution in [0.1, 0.15) is 19.4 Å². The van der Waals surface area contributed by atoms with Crippen LogP contribution in [0.15, 0.2) is 30.3 Å². The van der Waals surface area contributed by atoms with E-state index in [4.69, 9.17) is 5.73 Å². The smallest absolute Gasteiger partial charge is 0.149 e. The van der Waals surface area contributed by atoms with E-state index in [1.54, 1.807) is 0 Å². The van der Waals surface area contributed by atoms with E-state index in [1.807, 2.05) is 18.2 Å². The predicted molar refractivity (Wildman–Crippen MR) is 67.0 cm³/mol. The summed E-state index contributed by atoms with van der Waals surface area (Å²) >= 11 is 0. The molecular weight excluding hydrogens is 198 g/mol. The number of nitrogens with one attached hydrogen (secondary N) is 1. The van der Waals surface area contributed by atoms with Crippen LogP contribution < -0.4 is 5.73 Å². The van der Waals surface area contributed by atoms with Crippen LogP contribution in [0.5, 0.6) is 0 Å². The molecule has 0 fully saturated rings. The minimum absolute atomic E-state index is 0.572. The van der Waals surface area contributed by atoms with Gasteiger partial charge in [-0.05, 0) is 17.9 Å². The Labute approximate surface area is 95.7 Å². The minimum atomic E-state index is 0.572. The Kier molecular flexibility index (Phi) is 2.95. The van der Waals surface area contributed by atoms with Crippen molar-refractivity contribution in [2.75, 3.05) is 5.73 Å². The number of rotatable bonds is 3. The average Bonchev–Trinajstić information content (AvgIpc) is 2.61. The first-order valence-corrected chi connectivity index (χ1v) is 5.56. The lowest BCUT2D eigenvalue weighted by atomic mass is 9.99. The Hall–Kier alpha value is -1.77. The Balaban J connectivity index is 2.42. The number of aromatic nitrogens is 2. The summed E-state index contributed by atoms with van der Waals surface area (Å²) < 4.78 is 0. The molecule has 0 saturated heterocycles. The summed E-state index contributed by atoms with van der Waals surface area (Å²) in [5, 5.41) is 7.12. The molecule has 0 bridgehead atoms. The molecule has 16 heavy (non-hydrogen) atoms. The second kappa shape index (κ2) is 4.39. The van der Waals surface area contributed by atoms with Crippen molar-refractivity contribution in [1.82, 2.24) is 10.2 Å². The molecular formula is C13H17N3. The third-order valence-corrected chi connectivity index (χ3v) is 2.57. The van der Waals surface area contributed by atoms with Crippen molar-refractivity contribution in [2.24, 2.45) is 5.92 Å². The number of aromatic amines is 1. The van der Waals surface area contributed by atoms with Crippen LogP contribution in [0.2, 0.25) is 0 Å². The highest BCUT2D eigenvalue weighted by Gasteiger charge is 2.13. The molecule has 0 atom stereocenters. The summed E-state index contributed by atoms with van der Waals surface area (Å²) in [6.07, 6.45) is 0.951. The van der Waals surface area contributed by atoms with Crippen molar-refractivity contribution in [3.05, 3.63) is 35.9 Å². The van der Waals surface area contributed by atoms with Gasteiger partial charge in [-0.15, -0.1) is 0 Å². The number of nitrogens with two attached hydrogens (primary N) is 1. The molecule has 1 aromatic carbocycles. The van der Waals surface area contributed by atoms with Crippen LogP contribution >= 0.6 is 0 Å². The van der Waals surface area contributed by atoms with Crippen LogP contribution in [0.3, 0.4) is 0 Å². The molecule has 84 valence electrons. The van der Waals surface area contributed by atoms with Gasteiger partial charge in [0.25, 0.3) is 0 Å². The zero-order chi connectivity index (χ0) is 11.5. The lowest BCUT2D eigenvalue weighted by molar-refractivity contribution is 0.649. The number of anilines is 1. The first-order valence-electron chi connectivity index (χ1n) is 5.56. The molecule has 0 saturated carbocycles. The fraction of sp³-hybridized carbons (Fsp3) is 0.308. The third kappa shape index (κ3) is 2.08. The molecule has 1 heterocycles. The quantitative estimate of drug-likeness (QED) is 0.827. The molecule has 0 amide bonds. The monoisotopic (exact) mass is 215 g/mol. The van der Waals surface area contributed by atoms with Crippen molar-refractivity contribution >= 4 is 5.82 Å². The maximum absolute atomic E-state index is 5.88. The summed E-state index contributed by atoms with van der Waals surface area (Å²) in [7, 11) is 0. The largest absolute Gasteiger partial charge is 0.382 e. The van der Waals surface area contributed by atoms with E-state index in [1.165, 1.54) is 0 Å². The van der Waals surface area contributed by atoms with Gasteiger partial charge in [-0.1, -0.05) is 44.2 Å². The molecule has 0 radical (unpaired) electrons. The van der Waals surface area contributed by atoms with E-state index in [9.17, 15) is 0 Å². The Morgan fingerprint density at radius 2 is 1.94 bits per heavy atom. The summed E-state index contributed by atoms with van der Waals surface area (Å²) in [5.41, 5.74) is 9.20. The second-order valence-electron chi connectivity index (χ2n) is 4.43. The molecule has 3 heteroatoms. The van der Waals surface area contributed by atoms with Gasteiger partial charge in [0.1, 0.15) is 5.82 Å². The first kappa shape index (κ1) is 10.7. The van der Waals surface area contributed by atoms with Crippen LogP contribution in [0.4, 0.5) is 5.82 Å². The standard InChI is InChI=1S/C13H17N3/c1-9(2)8-11-12(15-16-13(11)14)10-6-4-3-5-7-10/h3-7,9H,8H2,1-2H3,(H3,14,15,16). The normalized spacial score (nSPS) is 10.9. The zero-order valence-electron chi connectivity index (χ0n) is 9.70. The summed E-state index contributed by atoms with van der Waals surface area (Å²) in [6, 6.07) is 10.2. The van der Waals surface area contributed by atoms with E-state index < -0.39 is 0 Å². The lowest BCUT2D eigenvalue weighted by Crippen LogP contribution is -1.98. The van der Waals surface area contributed by atoms with Crippen LogP contribution in [0.25, 0.3) is 11.3 Å². The van der Waals surface area contributed by atoms with E-state index in [0.717, 1.165) is 23.2 Å². The van der Waals surface area contributed by atoms with E-state index >= 15 is 0 Å². The molecule has 2 rings (SSSR count). The predicted octanol–water partition coefficient (Wildman–Crippen LogP) is 2.86. The van der Waals surface area contributed by atoms with E-state index in [0.29, 0.717) is 11.7 Å². The highest BCUT2D eigenvalue weighted by atomic mass is 15.2. The summed E-state index contributed by atoms with van der Waals surface area (Å²) in [5.74, 6) is 1.19. The molecule has 3 N–H and O–H groups in total. The van der Waals surface area contributed by atoms with Crippen LogP contribution in [0, 0.1) is 5.92 Å². The Bertz CT molecular complexity index is 457. The van der Waals surface area contributed by atoms with Crippen LogP contribution in [-0.2, 0) is 6.42 Å². The number of H-pyrrole nitrogens is 1. The maximum atomic E-state index is 5.88. The maximum Gasteiger partial charge on any atom is 0.149 e. The molecule has 0 aliphatic heterocycles. The number of benzene rings is 1. The highest BCUT2D eigenvalue weighted by molar-refractivity contribution is 5.67. The molecule has 0 unspecified atom stereocenters. The zero-order valence-corrected chi connectivity index (χ0v) is 9.70. The lowest BCUT2D eigenvalue weighted by Gasteiger charge is -2.06. The molecule has 2 aromatic rings. The summed E-state index contributed by atoms with van der Waals surface area (Å²) in [4.78, 5) is 0. The Morgan fingerprint density at radius 3 is 2.56 bits per heavy atom. The van der Waals surface area contributed by atoms with Crippen molar-refractivity contribution in [3.8, 4) is 11.3 Å². The molecule has 3 nitrogen and oxygen atoms in total. The fourth-order valence-electron chi connectivity index (χ4n) is 1.84. The second-order valence-corrected chi connectivity index (χ2v) is 4.43. The van der Waals surface area contributed by atoms with Crippen molar-refractivity contribution in [2.45, 2.75) is 20.3 Å². The first-order chi connectivity index (χ1) is 7.68. The van der Waals surface area contributed by atoms with Gasteiger partial charge in [0, 0.05) is 5.56 Å². The van der Waals surface area contributed by atoms with Gasteiger partial charge in [0.05, 0.1) is 5.69 Å². The molecule has 0 aliphatic carbocycles. The van der Waals surface area contributed by atoms with Gasteiger partial charge < -0.3 is 5.73 Å². The van der Waals surface area contributed by atoms with Crippen molar-refractivity contribution < 1.29 is 0 Å². The topological polar surface area (TPSA) is 54.7 Å². The van der Waals surface area contributed by atoms with Crippen molar-refractivity contribution in [3.63, 3.8) is 0 Å². The number of hydrogen-bond acceptors (Lipinski definition) is 2. The van der Waals surface area contributed by atoms with Gasteiger partial charge in [-0.2, -0.15) is 5.10 Å². The van der Waals surface area contributed by atoms with Gasteiger partial charge in [-0.3, -0.25) is 5.10 Å².